The second kappa shape index (κ2) is 7.61. The maximum absolute atomic E-state index is 12.8. The van der Waals surface area contributed by atoms with Crippen LogP contribution in [0.15, 0.2) is 49.1 Å². The normalized spacial score (nSPS) is 12.2. The van der Waals surface area contributed by atoms with Crippen LogP contribution in [0.3, 0.4) is 0 Å². The molecule has 3 aromatic rings. The van der Waals surface area contributed by atoms with E-state index >= 15 is 0 Å². The first kappa shape index (κ1) is 21.0. The summed E-state index contributed by atoms with van der Waals surface area (Å²) in [5.74, 6) is -0.792. The van der Waals surface area contributed by atoms with E-state index < -0.39 is 28.6 Å². The number of nitrogen functional groups attached to an aromatic ring is 1. The van der Waals surface area contributed by atoms with Crippen molar-refractivity contribution in [3.63, 3.8) is 0 Å². The Morgan fingerprint density at radius 3 is 2.41 bits per heavy atom. The van der Waals surface area contributed by atoms with E-state index in [-0.39, 0.29) is 37.4 Å². The molecule has 3 N–H and O–H groups in total. The number of ether oxygens (including phenoxy) is 1. The zero-order chi connectivity index (χ0) is 21.4. The van der Waals surface area contributed by atoms with Gasteiger partial charge in [0.15, 0.2) is 5.69 Å². The van der Waals surface area contributed by atoms with Crippen LogP contribution in [0.4, 0.5) is 18.9 Å². The van der Waals surface area contributed by atoms with E-state index in [0.717, 1.165) is 30.5 Å². The van der Waals surface area contributed by atoms with Crippen LogP contribution in [0, 0.1) is 0 Å². The van der Waals surface area contributed by atoms with Gasteiger partial charge >= 0.3 is 6.36 Å². The minimum atomic E-state index is -4.90. The number of rotatable bonds is 5. The molecule has 9 nitrogen and oxygen atoms in total. The fourth-order valence-electron chi connectivity index (χ4n) is 2.20. The minimum Gasteiger partial charge on any atom is -0.417 e. The Hall–Kier alpha value is -2.71. The average Bonchev–Trinajstić information content (AvgIpc) is 3.11. The van der Waals surface area contributed by atoms with Crippen molar-refractivity contribution in [2.45, 2.75) is 22.8 Å². The van der Waals surface area contributed by atoms with Gasteiger partial charge in [-0.25, -0.2) is 13.4 Å². The molecule has 2 aromatic heterocycles. The maximum atomic E-state index is 12.8. The molecule has 2 heterocycles. The van der Waals surface area contributed by atoms with Gasteiger partial charge in [0, 0.05) is 6.20 Å². The molecule has 29 heavy (non-hydrogen) atoms. The quantitative estimate of drug-likeness (QED) is 0.547. The highest BCUT2D eigenvalue weighted by Crippen LogP contribution is 2.36. The van der Waals surface area contributed by atoms with Crippen LogP contribution in [-0.4, -0.2) is 35.1 Å². The Labute approximate surface area is 169 Å². The smallest absolute Gasteiger partial charge is 0.417 e. The van der Waals surface area contributed by atoms with Gasteiger partial charge in [-0.3, -0.25) is 0 Å². The second-order valence-electron chi connectivity index (χ2n) is 5.38. The minimum absolute atomic E-state index is 0.0167. The van der Waals surface area contributed by atoms with E-state index in [1.807, 2.05) is 0 Å². The summed E-state index contributed by atoms with van der Waals surface area (Å²) in [5, 5.41) is 16.2. The number of aromatic nitrogens is 3. The number of hydrogen-bond donors (Lipinski definition) is 2. The number of benzene rings is 1. The Morgan fingerprint density at radius 2 is 1.86 bits per heavy atom. The van der Waals surface area contributed by atoms with Crippen molar-refractivity contribution in [1.29, 1.82) is 0 Å². The predicted octanol–water partition coefficient (Wildman–Crippen LogP) is 2.70. The van der Waals surface area contributed by atoms with Crippen LogP contribution in [0.5, 0.6) is 5.75 Å². The molecule has 0 unspecified atom stereocenters. The number of aliphatic hydroxyl groups excluding tert-OH is 1. The first-order chi connectivity index (χ1) is 13.5. The third-order valence-corrected chi connectivity index (χ3v) is 6.38. The van der Waals surface area contributed by atoms with Crippen LogP contribution in [0.2, 0.25) is 0 Å². The lowest BCUT2D eigenvalue weighted by atomic mass is 10.3. The molecule has 3 rings (SSSR count). The third-order valence-electron chi connectivity index (χ3n) is 3.48. The molecular weight excluding hydrogens is 485 g/mol. The van der Waals surface area contributed by atoms with Gasteiger partial charge in [0.25, 0.3) is 5.89 Å². The average molecular weight is 495 g/mol. The topological polar surface area (TPSA) is 141 Å². The van der Waals surface area contributed by atoms with Crippen molar-refractivity contribution in [2.24, 2.45) is 0 Å². The van der Waals surface area contributed by atoms with Gasteiger partial charge in [-0.05, 0) is 40.2 Å². The molecule has 0 radical (unpaired) electrons. The molecule has 0 saturated carbocycles. The van der Waals surface area contributed by atoms with Gasteiger partial charge in [0.2, 0.25) is 15.7 Å². The highest BCUT2D eigenvalue weighted by atomic mass is 79.9. The predicted molar refractivity (Wildman–Crippen MR) is 94.1 cm³/mol. The van der Waals surface area contributed by atoms with Crippen molar-refractivity contribution in [3.05, 3.63) is 40.8 Å². The van der Waals surface area contributed by atoms with Crippen LogP contribution in [0.1, 0.15) is 5.89 Å². The zero-order valence-electron chi connectivity index (χ0n) is 14.0. The number of nitrogens with two attached hydrogens (primary N) is 1. The van der Waals surface area contributed by atoms with Gasteiger partial charge in [0.1, 0.15) is 17.3 Å². The fourth-order valence-corrected chi connectivity index (χ4v) is 4.42. The van der Waals surface area contributed by atoms with E-state index in [9.17, 15) is 21.6 Å². The summed E-state index contributed by atoms with van der Waals surface area (Å²) in [4.78, 5) is 3.30. The third kappa shape index (κ3) is 4.33. The number of nitrogens with zero attached hydrogens (tertiary/aromatic N) is 3. The zero-order valence-corrected chi connectivity index (χ0v) is 16.4. The molecule has 0 amide bonds. The Bertz CT molecular complexity index is 1150. The largest absolute Gasteiger partial charge is 0.573 e. The number of anilines is 1. The van der Waals surface area contributed by atoms with Gasteiger partial charge in [-0.15, -0.1) is 23.4 Å². The fraction of sp³-hybridized carbons (Fsp3) is 0.133. The van der Waals surface area contributed by atoms with Gasteiger partial charge in [-0.1, -0.05) is 0 Å². The van der Waals surface area contributed by atoms with E-state index in [1.165, 1.54) is 0 Å². The molecule has 1 aromatic carbocycles. The highest BCUT2D eigenvalue weighted by Gasteiger charge is 2.31. The molecule has 0 saturated heterocycles. The second-order valence-corrected chi connectivity index (χ2v) is 8.09. The maximum Gasteiger partial charge on any atom is 0.573 e. The molecular formula is C15H10BrF3N4O5S. The Kier molecular flexibility index (Phi) is 5.51. The number of halogens is 4. The van der Waals surface area contributed by atoms with Crippen molar-refractivity contribution >= 4 is 31.5 Å². The molecule has 0 bridgehead atoms. The Morgan fingerprint density at radius 1 is 1.21 bits per heavy atom. The summed E-state index contributed by atoms with van der Waals surface area (Å²) in [6.45, 7) is -0.505. The summed E-state index contributed by atoms with van der Waals surface area (Å²) in [6.07, 6.45) is -3.92. The van der Waals surface area contributed by atoms with E-state index in [1.54, 1.807) is 0 Å². The van der Waals surface area contributed by atoms with Gasteiger partial charge < -0.3 is 20.0 Å². The summed E-state index contributed by atoms with van der Waals surface area (Å²) >= 11 is 3.08. The SMILES string of the molecule is Nc1c(-c2nnc(CO)o2)ncc(S(=O)(=O)c2ccc(OC(F)(F)F)cc2)c1Br. The monoisotopic (exact) mass is 494 g/mol. The van der Waals surface area contributed by atoms with Crippen LogP contribution in [-0.2, 0) is 16.4 Å². The lowest BCUT2D eigenvalue weighted by Crippen LogP contribution is -2.17. The number of pyridine rings is 1. The molecule has 0 aliphatic rings. The van der Waals surface area contributed by atoms with Crippen LogP contribution < -0.4 is 10.5 Å². The molecule has 0 spiro atoms. The van der Waals surface area contributed by atoms with Crippen molar-refractivity contribution in [1.82, 2.24) is 15.2 Å². The van der Waals surface area contributed by atoms with Gasteiger partial charge in [-0.2, -0.15) is 0 Å². The number of hydrogen-bond acceptors (Lipinski definition) is 9. The lowest BCUT2D eigenvalue weighted by molar-refractivity contribution is -0.274. The van der Waals surface area contributed by atoms with E-state index in [2.05, 4.69) is 35.8 Å². The summed E-state index contributed by atoms with van der Waals surface area (Å²) in [7, 11) is -4.18. The van der Waals surface area contributed by atoms with Crippen LogP contribution in [0.25, 0.3) is 11.6 Å². The number of aliphatic hydroxyl groups is 1. The van der Waals surface area contributed by atoms with Crippen molar-refractivity contribution in [3.8, 4) is 17.3 Å². The van der Waals surface area contributed by atoms with Crippen LogP contribution >= 0.6 is 15.9 Å². The van der Waals surface area contributed by atoms with E-state index in [0.29, 0.717) is 0 Å². The van der Waals surface area contributed by atoms with Crippen molar-refractivity contribution in [2.75, 3.05) is 5.73 Å². The van der Waals surface area contributed by atoms with Gasteiger partial charge in [0.05, 0.1) is 15.1 Å². The Balaban J connectivity index is 1.98. The first-order valence-electron chi connectivity index (χ1n) is 7.51. The molecule has 0 aliphatic carbocycles. The summed E-state index contributed by atoms with van der Waals surface area (Å²) < 4.78 is 71.2. The number of sulfone groups is 1. The standard InChI is InChI=1S/C15H10BrF3N4O5S/c16-11-9(5-21-13(12(11)20)14-23-22-10(6-24)27-14)29(25,26)8-3-1-7(2-4-8)28-15(17,18)19/h1-5,24H,6,20H2. The molecule has 0 atom stereocenters. The molecule has 0 aliphatic heterocycles. The van der Waals surface area contributed by atoms with E-state index in [4.69, 9.17) is 15.3 Å². The summed E-state index contributed by atoms with van der Waals surface area (Å²) in [5.41, 5.74) is 5.78. The number of alkyl halides is 3. The van der Waals surface area contributed by atoms with Crippen molar-refractivity contribution < 1.29 is 35.8 Å². The summed E-state index contributed by atoms with van der Waals surface area (Å²) in [6, 6.07) is 3.65. The highest BCUT2D eigenvalue weighted by molar-refractivity contribution is 9.10. The first-order valence-corrected chi connectivity index (χ1v) is 9.79. The molecule has 154 valence electrons. The molecule has 0 fully saturated rings. The molecule has 14 heteroatoms. The lowest BCUT2D eigenvalue weighted by Gasteiger charge is -2.12.